The van der Waals surface area contributed by atoms with E-state index in [0.717, 1.165) is 0 Å². The zero-order valence-electron chi connectivity index (χ0n) is 11.5. The van der Waals surface area contributed by atoms with Crippen LogP contribution in [0.1, 0.15) is 24.9 Å². The number of carbonyl (C=O) groups is 1. The largest absolute Gasteiger partial charge is 0.494 e. The molecule has 0 aliphatic carbocycles. The molecule has 1 aromatic rings. The Labute approximate surface area is 117 Å². The molecule has 2 rings (SSSR count). The lowest BCUT2D eigenvalue weighted by molar-refractivity contribution is -0.123. The van der Waals surface area contributed by atoms with Gasteiger partial charge in [-0.2, -0.15) is 0 Å². The van der Waals surface area contributed by atoms with Gasteiger partial charge in [0.2, 0.25) is 5.91 Å². The van der Waals surface area contributed by atoms with Crippen LogP contribution in [0.25, 0.3) is 0 Å². The molecule has 3 atom stereocenters. The van der Waals surface area contributed by atoms with Crippen LogP contribution in [0.4, 0.5) is 4.39 Å². The second kappa shape index (κ2) is 6.19. The van der Waals surface area contributed by atoms with E-state index in [2.05, 4.69) is 10.6 Å². The van der Waals surface area contributed by atoms with E-state index in [1.54, 1.807) is 13.0 Å². The minimum atomic E-state index is -0.487. The minimum absolute atomic E-state index is 0.174. The number of rotatable bonds is 4. The first-order valence-electron chi connectivity index (χ1n) is 6.56. The monoisotopic (exact) mass is 282 g/mol. The fourth-order valence-corrected chi connectivity index (χ4v) is 2.27. The minimum Gasteiger partial charge on any atom is -0.494 e. The van der Waals surface area contributed by atoms with Gasteiger partial charge in [-0.1, -0.05) is 6.07 Å². The molecule has 20 heavy (non-hydrogen) atoms. The number of hydrogen-bond acceptors (Lipinski definition) is 4. The quantitative estimate of drug-likeness (QED) is 0.761. The Hall–Kier alpha value is -1.66. The van der Waals surface area contributed by atoms with E-state index in [-0.39, 0.29) is 17.7 Å². The fourth-order valence-electron chi connectivity index (χ4n) is 2.27. The highest BCUT2D eigenvalue weighted by Crippen LogP contribution is 2.22. The third-order valence-corrected chi connectivity index (χ3v) is 3.46. The van der Waals surface area contributed by atoms with E-state index in [1.165, 1.54) is 19.2 Å². The summed E-state index contributed by atoms with van der Waals surface area (Å²) in [5.74, 6) is -0.473. The van der Waals surface area contributed by atoms with Gasteiger partial charge in [0.05, 0.1) is 25.3 Å². The van der Waals surface area contributed by atoms with Crippen LogP contribution in [-0.2, 0) is 4.79 Å². The molecule has 0 saturated carbocycles. The number of nitrogens with one attached hydrogen (secondary N) is 2. The molecule has 1 heterocycles. The Kier molecular flexibility index (Phi) is 4.57. The Morgan fingerprint density at radius 3 is 2.90 bits per heavy atom. The first-order chi connectivity index (χ1) is 9.51. The third kappa shape index (κ3) is 3.26. The second-order valence-corrected chi connectivity index (χ2v) is 4.97. The van der Waals surface area contributed by atoms with Crippen molar-refractivity contribution in [1.29, 1.82) is 0 Å². The number of halogens is 1. The second-order valence-electron chi connectivity index (χ2n) is 4.97. The summed E-state index contributed by atoms with van der Waals surface area (Å²) >= 11 is 0. The zero-order chi connectivity index (χ0) is 14.7. The van der Waals surface area contributed by atoms with E-state index >= 15 is 0 Å². The van der Waals surface area contributed by atoms with Crippen molar-refractivity contribution in [3.63, 3.8) is 0 Å². The Morgan fingerprint density at radius 2 is 2.35 bits per heavy atom. The first kappa shape index (κ1) is 14.7. The first-order valence-corrected chi connectivity index (χ1v) is 6.56. The van der Waals surface area contributed by atoms with E-state index in [9.17, 15) is 14.3 Å². The highest BCUT2D eigenvalue weighted by atomic mass is 19.1. The van der Waals surface area contributed by atoms with Crippen molar-refractivity contribution in [1.82, 2.24) is 10.6 Å². The van der Waals surface area contributed by atoms with E-state index in [4.69, 9.17) is 4.74 Å². The topological polar surface area (TPSA) is 70.6 Å². The van der Waals surface area contributed by atoms with E-state index in [0.29, 0.717) is 18.5 Å². The molecule has 110 valence electrons. The number of benzene rings is 1. The fraction of sp³-hybridized carbons (Fsp3) is 0.500. The predicted octanol–water partition coefficient (Wildman–Crippen LogP) is 0.734. The van der Waals surface area contributed by atoms with Crippen LogP contribution in [0.15, 0.2) is 18.2 Å². The van der Waals surface area contributed by atoms with Crippen molar-refractivity contribution in [3.8, 4) is 5.75 Å². The number of aliphatic hydroxyl groups is 1. The molecule has 0 bridgehead atoms. The van der Waals surface area contributed by atoms with Crippen LogP contribution in [-0.4, -0.2) is 36.8 Å². The summed E-state index contributed by atoms with van der Waals surface area (Å²) in [5, 5.41) is 15.1. The average Bonchev–Trinajstić information content (AvgIpc) is 2.85. The number of ether oxygens (including phenoxy) is 1. The lowest BCUT2D eigenvalue weighted by atomic mass is 10.1. The number of methoxy groups -OCH3 is 1. The zero-order valence-corrected chi connectivity index (χ0v) is 11.5. The number of aliphatic hydroxyl groups excluding tert-OH is 1. The summed E-state index contributed by atoms with van der Waals surface area (Å²) in [7, 11) is 1.40. The van der Waals surface area contributed by atoms with E-state index in [1.807, 2.05) is 0 Å². The molecular weight excluding hydrogens is 263 g/mol. The summed E-state index contributed by atoms with van der Waals surface area (Å²) in [6.45, 7) is 2.20. The molecule has 1 saturated heterocycles. The molecule has 0 unspecified atom stereocenters. The van der Waals surface area contributed by atoms with Crippen LogP contribution < -0.4 is 15.4 Å². The molecule has 0 aromatic heterocycles. The van der Waals surface area contributed by atoms with Crippen molar-refractivity contribution in [2.45, 2.75) is 31.5 Å². The third-order valence-electron chi connectivity index (χ3n) is 3.46. The predicted molar refractivity (Wildman–Crippen MR) is 71.9 cm³/mol. The summed E-state index contributed by atoms with van der Waals surface area (Å²) in [6, 6.07) is 3.88. The molecule has 1 aromatic carbocycles. The van der Waals surface area contributed by atoms with Gasteiger partial charge >= 0.3 is 0 Å². The molecule has 1 fully saturated rings. The molecule has 1 aliphatic rings. The highest BCUT2D eigenvalue weighted by molar-refractivity contribution is 5.82. The molecule has 0 spiro atoms. The van der Waals surface area contributed by atoms with Gasteiger partial charge in [0, 0.05) is 6.54 Å². The standard InChI is InChI=1S/C14H19FN2O3/c1-8(9-3-4-13(20-2)11(15)5-9)17-14(19)12-6-10(18)7-16-12/h3-5,8,10,12,16,18H,6-7H2,1-2H3,(H,17,19)/t8-,10-,12+/m0/s1. The summed E-state index contributed by atoms with van der Waals surface area (Å²) < 4.78 is 18.5. The van der Waals surface area contributed by atoms with Gasteiger partial charge in [-0.3, -0.25) is 4.79 Å². The highest BCUT2D eigenvalue weighted by Gasteiger charge is 2.28. The van der Waals surface area contributed by atoms with Crippen molar-refractivity contribution in [2.75, 3.05) is 13.7 Å². The molecule has 1 amide bonds. The van der Waals surface area contributed by atoms with Crippen molar-refractivity contribution >= 4 is 5.91 Å². The average molecular weight is 282 g/mol. The van der Waals surface area contributed by atoms with Gasteiger partial charge in [-0.25, -0.2) is 4.39 Å². The van der Waals surface area contributed by atoms with Crippen LogP contribution in [0, 0.1) is 5.82 Å². The number of hydrogen-bond donors (Lipinski definition) is 3. The van der Waals surface area contributed by atoms with Gasteiger partial charge in [0.15, 0.2) is 11.6 Å². The molecular formula is C14H19FN2O3. The van der Waals surface area contributed by atoms with Gasteiger partial charge in [0.25, 0.3) is 0 Å². The number of amides is 1. The maximum atomic E-state index is 13.6. The Balaban J connectivity index is 1.99. The van der Waals surface area contributed by atoms with Crippen molar-refractivity contribution < 1.29 is 19.0 Å². The van der Waals surface area contributed by atoms with Crippen molar-refractivity contribution in [3.05, 3.63) is 29.6 Å². The van der Waals surface area contributed by atoms with Crippen LogP contribution >= 0.6 is 0 Å². The summed E-state index contributed by atoms with van der Waals surface area (Å²) in [4.78, 5) is 12.0. The molecule has 3 N–H and O–H groups in total. The maximum Gasteiger partial charge on any atom is 0.237 e. The lowest BCUT2D eigenvalue weighted by Gasteiger charge is -2.18. The Bertz CT molecular complexity index is 495. The summed E-state index contributed by atoms with van der Waals surface area (Å²) in [6.07, 6.45) is -0.0882. The van der Waals surface area contributed by atoms with E-state index < -0.39 is 18.0 Å². The molecule has 0 radical (unpaired) electrons. The molecule has 5 nitrogen and oxygen atoms in total. The van der Waals surface area contributed by atoms with Gasteiger partial charge in [-0.15, -0.1) is 0 Å². The normalized spacial score (nSPS) is 23.4. The van der Waals surface area contributed by atoms with Crippen LogP contribution in [0.3, 0.4) is 0 Å². The molecule has 6 heteroatoms. The van der Waals surface area contributed by atoms with Gasteiger partial charge in [-0.05, 0) is 31.0 Å². The summed E-state index contributed by atoms with van der Waals surface area (Å²) in [5.41, 5.74) is 0.662. The van der Waals surface area contributed by atoms with Crippen molar-refractivity contribution in [2.24, 2.45) is 0 Å². The maximum absolute atomic E-state index is 13.6. The van der Waals surface area contributed by atoms with Crippen LogP contribution in [0.5, 0.6) is 5.75 Å². The SMILES string of the molecule is COc1ccc([C@H](C)NC(=O)[C@H]2C[C@H](O)CN2)cc1F. The number of carbonyl (C=O) groups excluding carboxylic acids is 1. The lowest BCUT2D eigenvalue weighted by Crippen LogP contribution is -2.41. The smallest absolute Gasteiger partial charge is 0.237 e. The number of β-amino-alcohol motifs (C(OH)–C–C–N with tert-alkyl or cyclic N) is 1. The Morgan fingerprint density at radius 1 is 1.60 bits per heavy atom. The van der Waals surface area contributed by atoms with Gasteiger partial charge in [0.1, 0.15) is 0 Å². The molecule has 1 aliphatic heterocycles. The van der Waals surface area contributed by atoms with Crippen LogP contribution in [0.2, 0.25) is 0 Å². The van der Waals surface area contributed by atoms with Gasteiger partial charge < -0.3 is 20.5 Å².